The fourth-order valence-electron chi connectivity index (χ4n) is 2.25. The van der Waals surface area contributed by atoms with E-state index in [1.54, 1.807) is 0 Å². The van der Waals surface area contributed by atoms with Gasteiger partial charge in [0.05, 0.1) is 12.0 Å². The number of hydrogen-bond acceptors (Lipinski definition) is 3. The van der Waals surface area contributed by atoms with Gasteiger partial charge in [0.2, 0.25) is 0 Å². The number of nitrogens with zero attached hydrogens (tertiary/aromatic N) is 3. The molecule has 0 aromatic carbocycles. The van der Waals surface area contributed by atoms with E-state index in [2.05, 4.69) is 28.3 Å². The van der Waals surface area contributed by atoms with Crippen molar-refractivity contribution in [2.75, 3.05) is 19.6 Å². The molecule has 0 spiro atoms. The fourth-order valence-corrected chi connectivity index (χ4v) is 2.25. The van der Waals surface area contributed by atoms with Crippen LogP contribution in [0.25, 0.3) is 0 Å². The number of aromatic nitrogens is 2. The molecule has 1 saturated heterocycles. The number of hydrogen-bond donors (Lipinski definition) is 1. The Morgan fingerprint density at radius 2 is 2.19 bits per heavy atom. The summed E-state index contributed by atoms with van der Waals surface area (Å²) < 4.78 is 1.99. The van der Waals surface area contributed by atoms with Gasteiger partial charge in [-0.3, -0.25) is 0 Å². The van der Waals surface area contributed by atoms with E-state index in [-0.39, 0.29) is 0 Å². The first kappa shape index (κ1) is 11.6. The highest BCUT2D eigenvalue weighted by Gasteiger charge is 2.14. The van der Waals surface area contributed by atoms with E-state index < -0.39 is 0 Å². The van der Waals surface area contributed by atoms with Crippen molar-refractivity contribution in [1.29, 1.82) is 0 Å². The molecule has 1 unspecified atom stereocenters. The normalized spacial score (nSPS) is 19.1. The summed E-state index contributed by atoms with van der Waals surface area (Å²) in [6.45, 7) is 6.83. The van der Waals surface area contributed by atoms with Crippen LogP contribution in [0.2, 0.25) is 0 Å². The lowest BCUT2D eigenvalue weighted by Gasteiger charge is -2.20. The zero-order valence-electron chi connectivity index (χ0n) is 10.3. The lowest BCUT2D eigenvalue weighted by atomic mass is 10.3. The summed E-state index contributed by atoms with van der Waals surface area (Å²) in [6, 6.07) is 0.542. The van der Waals surface area contributed by atoms with Gasteiger partial charge in [0.25, 0.3) is 0 Å². The molecule has 4 nitrogen and oxygen atoms in total. The van der Waals surface area contributed by atoms with Gasteiger partial charge in [-0.15, -0.1) is 0 Å². The molecule has 4 heteroatoms. The van der Waals surface area contributed by atoms with Crippen LogP contribution in [-0.4, -0.2) is 40.1 Å². The van der Waals surface area contributed by atoms with Crippen molar-refractivity contribution < 1.29 is 0 Å². The lowest BCUT2D eigenvalue weighted by molar-refractivity contribution is 0.298. The second kappa shape index (κ2) is 5.46. The molecule has 2 rings (SSSR count). The summed E-state index contributed by atoms with van der Waals surface area (Å²) in [7, 11) is 2.00. The predicted molar refractivity (Wildman–Crippen MR) is 65.2 cm³/mol. The third kappa shape index (κ3) is 3.32. The van der Waals surface area contributed by atoms with Crippen molar-refractivity contribution in [2.24, 2.45) is 7.05 Å². The van der Waals surface area contributed by atoms with Crippen LogP contribution in [0.15, 0.2) is 12.5 Å². The minimum absolute atomic E-state index is 0.542. The smallest absolute Gasteiger partial charge is 0.0947 e. The molecule has 2 heterocycles. The number of likely N-dealkylation sites (tertiary alicyclic amines) is 1. The number of aryl methyl sites for hydroxylation is 1. The summed E-state index contributed by atoms with van der Waals surface area (Å²) in [5.41, 5.74) is 1.12. The zero-order valence-corrected chi connectivity index (χ0v) is 10.3. The first-order valence-corrected chi connectivity index (χ1v) is 6.16. The average molecular weight is 222 g/mol. The molecule has 1 N–H and O–H groups in total. The Balaban J connectivity index is 1.68. The Morgan fingerprint density at radius 1 is 1.44 bits per heavy atom. The van der Waals surface area contributed by atoms with Crippen molar-refractivity contribution in [3.8, 4) is 0 Å². The first-order valence-electron chi connectivity index (χ1n) is 6.16. The molecule has 0 bridgehead atoms. The van der Waals surface area contributed by atoms with Crippen molar-refractivity contribution >= 4 is 0 Å². The average Bonchev–Trinajstić information content (AvgIpc) is 2.87. The van der Waals surface area contributed by atoms with E-state index in [4.69, 9.17) is 0 Å². The van der Waals surface area contributed by atoms with Gasteiger partial charge in [-0.1, -0.05) is 0 Å². The highest BCUT2D eigenvalue weighted by molar-refractivity contribution is 4.95. The Morgan fingerprint density at radius 3 is 2.81 bits per heavy atom. The van der Waals surface area contributed by atoms with Crippen LogP contribution in [0.4, 0.5) is 0 Å². The molecule has 1 atom stereocenters. The summed E-state index contributed by atoms with van der Waals surface area (Å²) >= 11 is 0. The van der Waals surface area contributed by atoms with Crippen LogP contribution < -0.4 is 5.32 Å². The van der Waals surface area contributed by atoms with Crippen LogP contribution in [0.3, 0.4) is 0 Å². The van der Waals surface area contributed by atoms with Gasteiger partial charge in [-0.25, -0.2) is 4.98 Å². The molecule has 0 saturated carbocycles. The monoisotopic (exact) mass is 222 g/mol. The molecule has 0 amide bonds. The van der Waals surface area contributed by atoms with Crippen LogP contribution >= 0.6 is 0 Å². The van der Waals surface area contributed by atoms with E-state index in [0.29, 0.717) is 6.04 Å². The van der Waals surface area contributed by atoms with Gasteiger partial charge in [-0.05, 0) is 32.9 Å². The van der Waals surface area contributed by atoms with Gasteiger partial charge < -0.3 is 14.8 Å². The number of rotatable bonds is 5. The Bertz CT molecular complexity index is 315. The maximum absolute atomic E-state index is 4.31. The van der Waals surface area contributed by atoms with Crippen LogP contribution in [0.5, 0.6) is 0 Å². The maximum Gasteiger partial charge on any atom is 0.0947 e. The quantitative estimate of drug-likeness (QED) is 0.806. The minimum Gasteiger partial charge on any atom is -0.340 e. The van der Waals surface area contributed by atoms with Gasteiger partial charge in [0.15, 0.2) is 0 Å². The Kier molecular flexibility index (Phi) is 3.96. The van der Waals surface area contributed by atoms with E-state index in [9.17, 15) is 0 Å². The molecule has 1 aromatic heterocycles. The summed E-state index contributed by atoms with van der Waals surface area (Å²) in [6.07, 6.45) is 6.65. The second-order valence-corrected chi connectivity index (χ2v) is 4.82. The number of nitrogens with one attached hydrogen (secondary N) is 1. The Hall–Kier alpha value is -0.870. The maximum atomic E-state index is 4.31. The van der Waals surface area contributed by atoms with Gasteiger partial charge in [0.1, 0.15) is 0 Å². The predicted octanol–water partition coefficient (Wildman–Crippen LogP) is 0.994. The molecular weight excluding hydrogens is 200 g/mol. The molecule has 1 aromatic rings. The first-order chi connectivity index (χ1) is 7.74. The molecule has 16 heavy (non-hydrogen) atoms. The van der Waals surface area contributed by atoms with Gasteiger partial charge >= 0.3 is 0 Å². The Labute approximate surface area is 97.7 Å². The van der Waals surface area contributed by atoms with Gasteiger partial charge in [0, 0.05) is 32.4 Å². The van der Waals surface area contributed by atoms with E-state index in [0.717, 1.165) is 18.8 Å². The standard InChI is InChI=1S/C12H22N4/c1-11(8-16-5-3-4-6-16)13-7-12-9-15(2)10-14-12/h9-11,13H,3-8H2,1-2H3. The van der Waals surface area contributed by atoms with E-state index in [1.807, 2.05) is 17.9 Å². The van der Waals surface area contributed by atoms with Crippen LogP contribution in [0.1, 0.15) is 25.5 Å². The van der Waals surface area contributed by atoms with Crippen molar-refractivity contribution in [3.63, 3.8) is 0 Å². The topological polar surface area (TPSA) is 33.1 Å². The highest BCUT2D eigenvalue weighted by Crippen LogP contribution is 2.07. The molecular formula is C12H22N4. The number of imidazole rings is 1. The second-order valence-electron chi connectivity index (χ2n) is 4.82. The summed E-state index contributed by atoms with van der Waals surface area (Å²) in [5.74, 6) is 0. The van der Waals surface area contributed by atoms with Gasteiger partial charge in [-0.2, -0.15) is 0 Å². The molecule has 0 radical (unpaired) electrons. The van der Waals surface area contributed by atoms with Crippen molar-refractivity contribution in [1.82, 2.24) is 19.8 Å². The van der Waals surface area contributed by atoms with Crippen molar-refractivity contribution in [3.05, 3.63) is 18.2 Å². The molecule has 90 valence electrons. The van der Waals surface area contributed by atoms with Crippen LogP contribution in [-0.2, 0) is 13.6 Å². The lowest BCUT2D eigenvalue weighted by Crippen LogP contribution is -2.37. The minimum atomic E-state index is 0.542. The summed E-state index contributed by atoms with van der Waals surface area (Å²) in [4.78, 5) is 6.84. The third-order valence-corrected chi connectivity index (χ3v) is 3.12. The molecule has 1 aliphatic rings. The SMILES string of the molecule is CC(CN1CCCC1)NCc1cn(C)cn1. The summed E-state index contributed by atoms with van der Waals surface area (Å²) in [5, 5.41) is 3.52. The molecule has 1 fully saturated rings. The highest BCUT2D eigenvalue weighted by atomic mass is 15.2. The third-order valence-electron chi connectivity index (χ3n) is 3.12. The van der Waals surface area contributed by atoms with Crippen molar-refractivity contribution in [2.45, 2.75) is 32.4 Å². The molecule has 0 aliphatic carbocycles. The van der Waals surface area contributed by atoms with Crippen LogP contribution in [0, 0.1) is 0 Å². The van der Waals surface area contributed by atoms with E-state index in [1.165, 1.54) is 25.9 Å². The molecule has 1 aliphatic heterocycles. The van der Waals surface area contributed by atoms with E-state index >= 15 is 0 Å². The fraction of sp³-hybridized carbons (Fsp3) is 0.750. The zero-order chi connectivity index (χ0) is 11.4. The largest absolute Gasteiger partial charge is 0.340 e.